The monoisotopic (exact) mass is 250 g/mol. The molecule has 1 aromatic rings. The Bertz CT molecular complexity index is 318. The average molecular weight is 251 g/mol. The zero-order valence-electron chi connectivity index (χ0n) is 8.10. The minimum atomic E-state index is 0.571. The van der Waals surface area contributed by atoms with E-state index in [-0.39, 0.29) is 0 Å². The van der Waals surface area contributed by atoms with Crippen LogP contribution >= 0.6 is 35.0 Å². The number of halogens is 2. The zero-order valence-corrected chi connectivity index (χ0v) is 10.4. The van der Waals surface area contributed by atoms with Crippen LogP contribution in [0.1, 0.15) is 13.3 Å². The Labute approximate surface area is 98.4 Å². The molecule has 0 saturated heterocycles. The van der Waals surface area contributed by atoms with Crippen LogP contribution in [-0.2, 0) is 0 Å². The van der Waals surface area contributed by atoms with Gasteiger partial charge in [0, 0.05) is 6.54 Å². The van der Waals surface area contributed by atoms with Gasteiger partial charge in [-0.2, -0.15) is 0 Å². The van der Waals surface area contributed by atoms with Gasteiger partial charge in [-0.05, 0) is 18.7 Å². The largest absolute Gasteiger partial charge is 0.369 e. The first kappa shape index (κ1) is 12.0. The first-order chi connectivity index (χ1) is 6.69. The van der Waals surface area contributed by atoms with Crippen molar-refractivity contribution in [3.63, 3.8) is 0 Å². The van der Waals surface area contributed by atoms with Crippen molar-refractivity contribution in [2.45, 2.75) is 18.4 Å². The van der Waals surface area contributed by atoms with Crippen LogP contribution in [0.4, 0.5) is 5.82 Å². The second-order valence-corrected chi connectivity index (χ2v) is 4.35. The smallest absolute Gasteiger partial charge is 0.146 e. The maximum atomic E-state index is 5.98. The quantitative estimate of drug-likeness (QED) is 0.820. The summed E-state index contributed by atoms with van der Waals surface area (Å²) < 4.78 is 0. The normalized spacial score (nSPS) is 10.3. The summed E-state index contributed by atoms with van der Waals surface area (Å²) in [5.41, 5.74) is 0. The lowest BCUT2D eigenvalue weighted by Gasteiger charge is -2.08. The molecule has 1 N–H and O–H groups in total. The van der Waals surface area contributed by atoms with Crippen LogP contribution in [0.5, 0.6) is 0 Å². The van der Waals surface area contributed by atoms with Crippen LogP contribution in [0, 0.1) is 0 Å². The number of thioether (sulfide) groups is 1. The minimum Gasteiger partial charge on any atom is -0.369 e. The number of hydrogen-bond acceptors (Lipinski definition) is 3. The molecule has 1 rings (SSSR count). The number of pyridine rings is 1. The Hall–Kier alpha value is -0.120. The highest BCUT2D eigenvalue weighted by Crippen LogP contribution is 2.30. The SMILES string of the molecule is CCCNc1nc(SC)c(Cl)cc1Cl. The Morgan fingerprint density at radius 1 is 1.43 bits per heavy atom. The lowest BCUT2D eigenvalue weighted by molar-refractivity contribution is 0.960. The van der Waals surface area contributed by atoms with Crippen molar-refractivity contribution in [2.75, 3.05) is 18.1 Å². The predicted octanol–water partition coefficient (Wildman–Crippen LogP) is 3.93. The third kappa shape index (κ3) is 2.94. The zero-order chi connectivity index (χ0) is 10.6. The molecule has 0 atom stereocenters. The molecule has 0 aliphatic heterocycles. The molecule has 1 aromatic heterocycles. The Morgan fingerprint density at radius 3 is 2.71 bits per heavy atom. The highest BCUT2D eigenvalue weighted by atomic mass is 35.5. The van der Waals surface area contributed by atoms with E-state index >= 15 is 0 Å². The van der Waals surface area contributed by atoms with Crippen molar-refractivity contribution in [2.24, 2.45) is 0 Å². The molecule has 0 amide bonds. The number of aromatic nitrogens is 1. The van der Waals surface area contributed by atoms with E-state index in [1.54, 1.807) is 6.07 Å². The standard InChI is InChI=1S/C9H12Cl2N2S/c1-3-4-12-8-6(10)5-7(11)9(13-8)14-2/h5H,3-4H2,1-2H3,(H,12,13). The van der Waals surface area contributed by atoms with Crippen molar-refractivity contribution >= 4 is 40.8 Å². The molecule has 0 aliphatic rings. The van der Waals surface area contributed by atoms with E-state index in [2.05, 4.69) is 17.2 Å². The highest BCUT2D eigenvalue weighted by molar-refractivity contribution is 7.98. The van der Waals surface area contributed by atoms with Crippen LogP contribution in [0.3, 0.4) is 0 Å². The van der Waals surface area contributed by atoms with Crippen LogP contribution in [0.2, 0.25) is 10.0 Å². The Kier molecular flexibility index (Phi) is 4.85. The summed E-state index contributed by atoms with van der Waals surface area (Å²) in [5.74, 6) is 0.710. The molecule has 0 spiro atoms. The summed E-state index contributed by atoms with van der Waals surface area (Å²) in [6, 6.07) is 1.72. The Morgan fingerprint density at radius 2 is 2.14 bits per heavy atom. The number of nitrogens with one attached hydrogen (secondary N) is 1. The Balaban J connectivity index is 2.92. The lowest BCUT2D eigenvalue weighted by atomic mass is 10.4. The van der Waals surface area contributed by atoms with Crippen LogP contribution in [-0.4, -0.2) is 17.8 Å². The van der Waals surface area contributed by atoms with Gasteiger partial charge in [0.2, 0.25) is 0 Å². The van der Waals surface area contributed by atoms with Gasteiger partial charge < -0.3 is 5.32 Å². The fraction of sp³-hybridized carbons (Fsp3) is 0.444. The van der Waals surface area contributed by atoms with Gasteiger partial charge in [0.1, 0.15) is 10.8 Å². The molecule has 2 nitrogen and oxygen atoms in total. The van der Waals surface area contributed by atoms with Crippen molar-refractivity contribution < 1.29 is 0 Å². The van der Waals surface area contributed by atoms with Gasteiger partial charge in [-0.3, -0.25) is 0 Å². The fourth-order valence-corrected chi connectivity index (χ4v) is 2.05. The van der Waals surface area contributed by atoms with Crippen LogP contribution < -0.4 is 5.32 Å². The molecule has 14 heavy (non-hydrogen) atoms. The van der Waals surface area contributed by atoms with Gasteiger partial charge in [0.15, 0.2) is 0 Å². The van der Waals surface area contributed by atoms with Gasteiger partial charge in [-0.15, -0.1) is 11.8 Å². The summed E-state index contributed by atoms with van der Waals surface area (Å²) in [7, 11) is 0. The number of rotatable bonds is 4. The molecule has 0 radical (unpaired) electrons. The van der Waals surface area contributed by atoms with E-state index in [4.69, 9.17) is 23.2 Å². The maximum absolute atomic E-state index is 5.98. The fourth-order valence-electron chi connectivity index (χ4n) is 0.960. The lowest BCUT2D eigenvalue weighted by Crippen LogP contribution is -2.03. The topological polar surface area (TPSA) is 24.9 Å². The molecule has 78 valence electrons. The molecule has 0 fully saturated rings. The van der Waals surface area contributed by atoms with Crippen molar-refractivity contribution in [1.82, 2.24) is 4.98 Å². The second kappa shape index (κ2) is 5.69. The molecule has 5 heteroatoms. The van der Waals surface area contributed by atoms with Gasteiger partial charge in [-0.25, -0.2) is 4.98 Å². The van der Waals surface area contributed by atoms with Crippen molar-refractivity contribution in [1.29, 1.82) is 0 Å². The number of nitrogens with zero attached hydrogens (tertiary/aromatic N) is 1. The van der Waals surface area contributed by atoms with E-state index in [9.17, 15) is 0 Å². The van der Waals surface area contributed by atoms with E-state index in [0.29, 0.717) is 15.9 Å². The van der Waals surface area contributed by atoms with E-state index in [1.807, 2.05) is 6.26 Å². The summed E-state index contributed by atoms with van der Waals surface area (Å²) >= 11 is 13.4. The maximum Gasteiger partial charge on any atom is 0.146 e. The predicted molar refractivity (Wildman–Crippen MR) is 64.8 cm³/mol. The number of hydrogen-bond donors (Lipinski definition) is 1. The van der Waals surface area contributed by atoms with E-state index in [0.717, 1.165) is 18.0 Å². The summed E-state index contributed by atoms with van der Waals surface area (Å²) in [6.45, 7) is 2.95. The molecule has 0 aliphatic carbocycles. The van der Waals surface area contributed by atoms with E-state index < -0.39 is 0 Å². The van der Waals surface area contributed by atoms with Gasteiger partial charge in [0.25, 0.3) is 0 Å². The number of anilines is 1. The third-order valence-corrected chi connectivity index (χ3v) is 3.02. The van der Waals surface area contributed by atoms with Gasteiger partial charge >= 0.3 is 0 Å². The molecular formula is C9H12Cl2N2S. The molecular weight excluding hydrogens is 239 g/mol. The summed E-state index contributed by atoms with van der Waals surface area (Å²) in [4.78, 5) is 4.32. The minimum absolute atomic E-state index is 0.571. The van der Waals surface area contributed by atoms with Gasteiger partial charge in [0.05, 0.1) is 10.0 Å². The first-order valence-corrected chi connectivity index (χ1v) is 6.31. The summed E-state index contributed by atoms with van der Waals surface area (Å²) in [6.07, 6.45) is 2.97. The second-order valence-electron chi connectivity index (χ2n) is 2.74. The van der Waals surface area contributed by atoms with Crippen LogP contribution in [0.25, 0.3) is 0 Å². The van der Waals surface area contributed by atoms with Crippen molar-refractivity contribution in [3.05, 3.63) is 16.1 Å². The summed E-state index contributed by atoms with van der Waals surface area (Å²) in [5, 5.41) is 5.12. The van der Waals surface area contributed by atoms with E-state index in [1.165, 1.54) is 11.8 Å². The van der Waals surface area contributed by atoms with Gasteiger partial charge in [-0.1, -0.05) is 30.1 Å². The first-order valence-electron chi connectivity index (χ1n) is 4.33. The molecule has 0 bridgehead atoms. The van der Waals surface area contributed by atoms with Crippen molar-refractivity contribution in [3.8, 4) is 0 Å². The average Bonchev–Trinajstić information content (AvgIpc) is 2.17. The molecule has 0 saturated carbocycles. The highest BCUT2D eigenvalue weighted by Gasteiger charge is 2.07. The molecule has 0 unspecified atom stereocenters. The molecule has 0 aromatic carbocycles. The molecule has 1 heterocycles. The van der Waals surface area contributed by atoms with Crippen LogP contribution in [0.15, 0.2) is 11.1 Å². The third-order valence-electron chi connectivity index (χ3n) is 1.63.